The molecule has 124 valence electrons. The minimum Gasteiger partial charge on any atom is -0.491 e. The largest absolute Gasteiger partial charge is 0.491 e. The Bertz CT molecular complexity index is 567. The van der Waals surface area contributed by atoms with Gasteiger partial charge in [-0.1, -0.05) is 12.1 Å². The van der Waals surface area contributed by atoms with Crippen molar-refractivity contribution in [2.24, 2.45) is 5.92 Å². The Hall–Kier alpha value is -1.59. The van der Waals surface area contributed by atoms with Crippen LogP contribution in [0.3, 0.4) is 0 Å². The molecule has 2 unspecified atom stereocenters. The number of nitrogens with zero attached hydrogens (tertiary/aromatic N) is 2. The van der Waals surface area contributed by atoms with Gasteiger partial charge in [0.15, 0.2) is 0 Å². The quantitative estimate of drug-likeness (QED) is 0.748. The van der Waals surface area contributed by atoms with Gasteiger partial charge >= 0.3 is 0 Å². The zero-order chi connectivity index (χ0) is 15.6. The minimum absolute atomic E-state index is 0.0505. The fourth-order valence-electron chi connectivity index (χ4n) is 3.13. The summed E-state index contributed by atoms with van der Waals surface area (Å²) in [4.78, 5) is 17.0. The normalized spacial score (nSPS) is 26.9. The molecule has 2 heterocycles. The van der Waals surface area contributed by atoms with Crippen molar-refractivity contribution in [3.63, 3.8) is 0 Å². The van der Waals surface area contributed by atoms with Gasteiger partial charge in [-0.25, -0.2) is 0 Å². The predicted octanol–water partition coefficient (Wildman–Crippen LogP) is 1.63. The minimum atomic E-state index is 0.0505. The van der Waals surface area contributed by atoms with E-state index >= 15 is 0 Å². The Balaban J connectivity index is 1.35. The monoisotopic (exact) mass is 316 g/mol. The Morgan fingerprint density at radius 2 is 2.00 bits per heavy atom. The molecule has 0 bridgehead atoms. The standard InChI is InChI=1S/C18H24N2O3/c21-18(19-7-9-22-10-8-19)16-3-1-2-4-17(16)23-13-15-12-20(15)11-14-5-6-14/h1-4,14-15H,5-13H2. The van der Waals surface area contributed by atoms with Crippen LogP contribution in [0.1, 0.15) is 23.2 Å². The van der Waals surface area contributed by atoms with E-state index in [2.05, 4.69) is 4.90 Å². The van der Waals surface area contributed by atoms with Crippen molar-refractivity contribution >= 4 is 5.91 Å². The second-order valence-corrected chi connectivity index (χ2v) is 6.76. The average molecular weight is 316 g/mol. The highest BCUT2D eigenvalue weighted by molar-refractivity contribution is 5.97. The maximum Gasteiger partial charge on any atom is 0.257 e. The summed E-state index contributed by atoms with van der Waals surface area (Å²) in [5.41, 5.74) is 0.670. The highest BCUT2D eigenvalue weighted by Crippen LogP contribution is 2.33. The van der Waals surface area contributed by atoms with Gasteiger partial charge in [0.25, 0.3) is 5.91 Å². The Morgan fingerprint density at radius 1 is 1.22 bits per heavy atom. The molecule has 1 saturated carbocycles. The van der Waals surface area contributed by atoms with Crippen LogP contribution in [-0.2, 0) is 4.74 Å². The van der Waals surface area contributed by atoms with Crippen LogP contribution in [0.4, 0.5) is 0 Å². The third kappa shape index (κ3) is 3.67. The lowest BCUT2D eigenvalue weighted by Gasteiger charge is -2.27. The van der Waals surface area contributed by atoms with E-state index < -0.39 is 0 Å². The average Bonchev–Trinajstić information content (AvgIpc) is 3.52. The van der Waals surface area contributed by atoms with Crippen molar-refractivity contribution in [2.75, 3.05) is 46.0 Å². The van der Waals surface area contributed by atoms with Crippen molar-refractivity contribution in [2.45, 2.75) is 18.9 Å². The second-order valence-electron chi connectivity index (χ2n) is 6.76. The molecule has 3 aliphatic rings. The topological polar surface area (TPSA) is 41.8 Å². The number of carbonyl (C=O) groups is 1. The summed E-state index contributed by atoms with van der Waals surface area (Å²) in [6.45, 7) is 5.59. The zero-order valence-electron chi connectivity index (χ0n) is 13.4. The fraction of sp³-hybridized carbons (Fsp3) is 0.611. The molecule has 1 aromatic carbocycles. The highest BCUT2D eigenvalue weighted by atomic mass is 16.5. The molecule has 1 amide bonds. The SMILES string of the molecule is O=C(c1ccccc1OCC1CN1CC1CC1)N1CCOCC1. The number of rotatable bonds is 6. The summed E-state index contributed by atoms with van der Waals surface area (Å²) in [5.74, 6) is 1.69. The van der Waals surface area contributed by atoms with Crippen molar-refractivity contribution < 1.29 is 14.3 Å². The van der Waals surface area contributed by atoms with Crippen LogP contribution in [0.15, 0.2) is 24.3 Å². The summed E-state index contributed by atoms with van der Waals surface area (Å²) < 4.78 is 11.3. The number of carbonyl (C=O) groups excluding carboxylic acids is 1. The van der Waals surface area contributed by atoms with Crippen LogP contribution < -0.4 is 4.74 Å². The molecule has 5 nitrogen and oxygen atoms in total. The maximum atomic E-state index is 12.7. The van der Waals surface area contributed by atoms with Crippen LogP contribution in [0.2, 0.25) is 0 Å². The first kappa shape index (κ1) is 15.0. The second kappa shape index (κ2) is 6.49. The van der Waals surface area contributed by atoms with E-state index in [1.54, 1.807) is 0 Å². The summed E-state index contributed by atoms with van der Waals surface area (Å²) in [6.07, 6.45) is 2.78. The lowest BCUT2D eigenvalue weighted by atomic mass is 10.1. The molecule has 2 aliphatic heterocycles. The summed E-state index contributed by atoms with van der Waals surface area (Å²) in [6, 6.07) is 8.13. The van der Waals surface area contributed by atoms with Crippen LogP contribution in [0.5, 0.6) is 5.75 Å². The van der Waals surface area contributed by atoms with E-state index in [9.17, 15) is 4.79 Å². The van der Waals surface area contributed by atoms with E-state index in [1.807, 2.05) is 29.2 Å². The van der Waals surface area contributed by atoms with Gasteiger partial charge in [0.05, 0.1) is 24.8 Å². The van der Waals surface area contributed by atoms with Gasteiger partial charge in [0.2, 0.25) is 0 Å². The van der Waals surface area contributed by atoms with Gasteiger partial charge in [-0.3, -0.25) is 9.69 Å². The molecule has 2 atom stereocenters. The third-order valence-corrected chi connectivity index (χ3v) is 4.86. The number of ether oxygens (including phenoxy) is 2. The van der Waals surface area contributed by atoms with Crippen molar-refractivity contribution in [3.05, 3.63) is 29.8 Å². The molecule has 0 aromatic heterocycles. The molecule has 4 rings (SSSR count). The van der Waals surface area contributed by atoms with Gasteiger partial charge in [0, 0.05) is 26.2 Å². The molecule has 5 heteroatoms. The summed E-state index contributed by atoms with van der Waals surface area (Å²) in [5, 5.41) is 0. The molecule has 3 fully saturated rings. The molecule has 2 saturated heterocycles. The van der Waals surface area contributed by atoms with Crippen molar-refractivity contribution in [1.29, 1.82) is 0 Å². The lowest BCUT2D eigenvalue weighted by Crippen LogP contribution is -2.40. The Kier molecular flexibility index (Phi) is 4.23. The number of benzene rings is 1. The fourth-order valence-corrected chi connectivity index (χ4v) is 3.13. The number of hydrogen-bond acceptors (Lipinski definition) is 4. The van der Waals surface area contributed by atoms with Gasteiger partial charge in [-0.05, 0) is 30.9 Å². The van der Waals surface area contributed by atoms with Gasteiger partial charge in [-0.15, -0.1) is 0 Å². The molecule has 0 radical (unpaired) electrons. The lowest BCUT2D eigenvalue weighted by molar-refractivity contribution is 0.0300. The Labute approximate surface area is 137 Å². The molecule has 1 aromatic rings. The van der Waals surface area contributed by atoms with Crippen LogP contribution in [0, 0.1) is 5.92 Å². The first-order valence-corrected chi connectivity index (χ1v) is 8.64. The van der Waals surface area contributed by atoms with Crippen LogP contribution in [0.25, 0.3) is 0 Å². The molecular formula is C18H24N2O3. The van der Waals surface area contributed by atoms with E-state index in [1.165, 1.54) is 19.4 Å². The van der Waals surface area contributed by atoms with E-state index in [4.69, 9.17) is 9.47 Å². The molecule has 23 heavy (non-hydrogen) atoms. The molecule has 0 N–H and O–H groups in total. The third-order valence-electron chi connectivity index (χ3n) is 4.86. The number of para-hydroxylation sites is 1. The van der Waals surface area contributed by atoms with Crippen LogP contribution >= 0.6 is 0 Å². The van der Waals surface area contributed by atoms with Crippen LogP contribution in [-0.4, -0.2) is 67.7 Å². The van der Waals surface area contributed by atoms with Gasteiger partial charge < -0.3 is 14.4 Å². The van der Waals surface area contributed by atoms with E-state index in [0.29, 0.717) is 50.3 Å². The zero-order valence-corrected chi connectivity index (χ0v) is 13.4. The van der Waals surface area contributed by atoms with Gasteiger partial charge in [-0.2, -0.15) is 0 Å². The smallest absolute Gasteiger partial charge is 0.257 e. The maximum absolute atomic E-state index is 12.7. The Morgan fingerprint density at radius 3 is 2.78 bits per heavy atom. The number of amides is 1. The summed E-state index contributed by atoms with van der Waals surface area (Å²) >= 11 is 0. The molecule has 1 aliphatic carbocycles. The van der Waals surface area contributed by atoms with E-state index in [0.717, 1.165) is 12.5 Å². The van der Waals surface area contributed by atoms with Gasteiger partial charge in [0.1, 0.15) is 12.4 Å². The first-order chi connectivity index (χ1) is 11.3. The first-order valence-electron chi connectivity index (χ1n) is 8.64. The van der Waals surface area contributed by atoms with Crippen molar-refractivity contribution in [1.82, 2.24) is 9.80 Å². The number of morpholine rings is 1. The predicted molar refractivity (Wildman–Crippen MR) is 86.7 cm³/mol. The van der Waals surface area contributed by atoms with E-state index in [-0.39, 0.29) is 5.91 Å². The number of hydrogen-bond donors (Lipinski definition) is 0. The molecular weight excluding hydrogens is 292 g/mol. The highest BCUT2D eigenvalue weighted by Gasteiger charge is 2.38. The summed E-state index contributed by atoms with van der Waals surface area (Å²) in [7, 11) is 0. The van der Waals surface area contributed by atoms with Crippen molar-refractivity contribution in [3.8, 4) is 5.75 Å². The molecule has 0 spiro atoms.